The van der Waals surface area contributed by atoms with Gasteiger partial charge in [-0.15, -0.1) is 0 Å². The number of hydrogen-bond acceptors (Lipinski definition) is 3. The van der Waals surface area contributed by atoms with Gasteiger partial charge in [-0.05, 0) is 27.1 Å². The van der Waals surface area contributed by atoms with Gasteiger partial charge in [0, 0.05) is 19.6 Å². The van der Waals surface area contributed by atoms with Crippen molar-refractivity contribution >= 4 is 0 Å². The zero-order chi connectivity index (χ0) is 9.68. The minimum absolute atomic E-state index is 0.455. The van der Waals surface area contributed by atoms with Crippen LogP contribution in [0.1, 0.15) is 13.3 Å². The molecule has 1 unspecified atom stereocenters. The average molecular weight is 186 g/mol. The highest BCUT2D eigenvalue weighted by Gasteiger charge is 2.18. The molecule has 0 aromatic heterocycles. The van der Waals surface area contributed by atoms with Crippen LogP contribution in [-0.4, -0.2) is 62.8 Å². The van der Waals surface area contributed by atoms with Crippen LogP contribution >= 0.6 is 0 Å². The minimum atomic E-state index is 0.455. The molecule has 0 aromatic rings. The largest absolute Gasteiger partial charge is 0.376 e. The Kier molecular flexibility index (Phi) is 4.70. The molecule has 0 radical (unpaired) electrons. The van der Waals surface area contributed by atoms with Crippen molar-refractivity contribution < 1.29 is 4.74 Å². The molecule has 13 heavy (non-hydrogen) atoms. The van der Waals surface area contributed by atoms with Crippen LogP contribution in [0.5, 0.6) is 0 Å². The van der Waals surface area contributed by atoms with E-state index in [-0.39, 0.29) is 0 Å². The number of nitrogens with zero attached hydrogens (tertiary/aromatic N) is 2. The Morgan fingerprint density at radius 3 is 2.85 bits per heavy atom. The molecule has 0 saturated carbocycles. The number of ether oxygens (including phenoxy) is 1. The standard InChI is InChI=1S/C10H22N2O/c1-4-12-7-8-13-10(9-12)5-6-11(2)3/h10H,4-9H2,1-3H3. The van der Waals surface area contributed by atoms with E-state index in [0.29, 0.717) is 6.10 Å². The second kappa shape index (κ2) is 5.58. The number of morpholine rings is 1. The molecule has 1 saturated heterocycles. The quantitative estimate of drug-likeness (QED) is 0.641. The molecule has 78 valence electrons. The molecule has 3 nitrogen and oxygen atoms in total. The number of likely N-dealkylation sites (N-methyl/N-ethyl adjacent to an activating group) is 1. The van der Waals surface area contributed by atoms with Gasteiger partial charge in [-0.1, -0.05) is 6.92 Å². The zero-order valence-corrected chi connectivity index (χ0v) is 9.12. The molecule has 1 aliphatic rings. The van der Waals surface area contributed by atoms with Crippen LogP contribution in [-0.2, 0) is 4.74 Å². The van der Waals surface area contributed by atoms with Gasteiger partial charge in [0.05, 0.1) is 12.7 Å². The van der Waals surface area contributed by atoms with Gasteiger partial charge in [0.2, 0.25) is 0 Å². The van der Waals surface area contributed by atoms with Crippen molar-refractivity contribution in [3.8, 4) is 0 Å². The molecule has 1 rings (SSSR count). The summed E-state index contributed by atoms with van der Waals surface area (Å²) in [7, 11) is 4.22. The summed E-state index contributed by atoms with van der Waals surface area (Å²) in [5, 5.41) is 0. The lowest BCUT2D eigenvalue weighted by atomic mass is 10.2. The summed E-state index contributed by atoms with van der Waals surface area (Å²) >= 11 is 0. The normalized spacial score (nSPS) is 25.4. The fourth-order valence-electron chi connectivity index (χ4n) is 1.64. The fourth-order valence-corrected chi connectivity index (χ4v) is 1.64. The highest BCUT2D eigenvalue weighted by atomic mass is 16.5. The number of hydrogen-bond donors (Lipinski definition) is 0. The third-order valence-corrected chi connectivity index (χ3v) is 2.57. The van der Waals surface area contributed by atoms with Gasteiger partial charge < -0.3 is 9.64 Å². The highest BCUT2D eigenvalue weighted by Crippen LogP contribution is 2.08. The first-order valence-corrected chi connectivity index (χ1v) is 5.21. The lowest BCUT2D eigenvalue weighted by Gasteiger charge is -2.32. The van der Waals surface area contributed by atoms with Crippen molar-refractivity contribution in [3.05, 3.63) is 0 Å². The maximum absolute atomic E-state index is 5.69. The molecule has 1 heterocycles. The van der Waals surface area contributed by atoms with E-state index in [1.165, 1.54) is 0 Å². The SMILES string of the molecule is CCN1CCOC(CCN(C)C)C1. The third-order valence-electron chi connectivity index (χ3n) is 2.57. The summed E-state index contributed by atoms with van der Waals surface area (Å²) in [6.45, 7) is 7.63. The van der Waals surface area contributed by atoms with Crippen molar-refractivity contribution in [1.29, 1.82) is 0 Å². The molecular weight excluding hydrogens is 164 g/mol. The molecule has 1 atom stereocenters. The fraction of sp³-hybridized carbons (Fsp3) is 1.00. The van der Waals surface area contributed by atoms with Crippen LogP contribution in [0.2, 0.25) is 0 Å². The molecular formula is C10H22N2O. The van der Waals surface area contributed by atoms with Crippen LogP contribution in [0, 0.1) is 0 Å². The topological polar surface area (TPSA) is 15.7 Å². The molecule has 0 aliphatic carbocycles. The lowest BCUT2D eigenvalue weighted by Crippen LogP contribution is -2.43. The first kappa shape index (κ1) is 11.0. The maximum Gasteiger partial charge on any atom is 0.0714 e. The van der Waals surface area contributed by atoms with E-state index in [4.69, 9.17) is 4.74 Å². The Morgan fingerprint density at radius 1 is 1.46 bits per heavy atom. The van der Waals surface area contributed by atoms with Crippen LogP contribution in [0.3, 0.4) is 0 Å². The summed E-state index contributed by atoms with van der Waals surface area (Å²) in [5.74, 6) is 0. The Morgan fingerprint density at radius 2 is 2.23 bits per heavy atom. The Balaban J connectivity index is 2.18. The third kappa shape index (κ3) is 4.07. The van der Waals surface area contributed by atoms with Gasteiger partial charge >= 0.3 is 0 Å². The van der Waals surface area contributed by atoms with Gasteiger partial charge in [-0.2, -0.15) is 0 Å². The molecule has 3 heteroatoms. The highest BCUT2D eigenvalue weighted by molar-refractivity contribution is 4.71. The van der Waals surface area contributed by atoms with Crippen molar-refractivity contribution in [3.63, 3.8) is 0 Å². The monoisotopic (exact) mass is 186 g/mol. The van der Waals surface area contributed by atoms with Crippen molar-refractivity contribution in [2.45, 2.75) is 19.4 Å². The second-order valence-corrected chi connectivity index (χ2v) is 3.98. The lowest BCUT2D eigenvalue weighted by molar-refractivity contribution is -0.0325. The second-order valence-electron chi connectivity index (χ2n) is 3.98. The van der Waals surface area contributed by atoms with Crippen molar-refractivity contribution in [1.82, 2.24) is 9.80 Å². The summed E-state index contributed by atoms with van der Waals surface area (Å²) in [5.41, 5.74) is 0. The maximum atomic E-state index is 5.69. The summed E-state index contributed by atoms with van der Waals surface area (Å²) in [6, 6.07) is 0. The van der Waals surface area contributed by atoms with Gasteiger partial charge in [0.15, 0.2) is 0 Å². The minimum Gasteiger partial charge on any atom is -0.376 e. The summed E-state index contributed by atoms with van der Waals surface area (Å²) < 4.78 is 5.69. The van der Waals surface area contributed by atoms with E-state index in [1.54, 1.807) is 0 Å². The van der Waals surface area contributed by atoms with E-state index in [0.717, 1.165) is 39.2 Å². The molecule has 0 N–H and O–H groups in total. The van der Waals surface area contributed by atoms with E-state index in [1.807, 2.05) is 0 Å². The molecule has 0 amide bonds. The Hall–Kier alpha value is -0.120. The van der Waals surface area contributed by atoms with Crippen molar-refractivity contribution in [2.75, 3.05) is 46.9 Å². The van der Waals surface area contributed by atoms with E-state index >= 15 is 0 Å². The van der Waals surface area contributed by atoms with Crippen LogP contribution < -0.4 is 0 Å². The van der Waals surface area contributed by atoms with Gasteiger partial charge in [-0.25, -0.2) is 0 Å². The van der Waals surface area contributed by atoms with Crippen LogP contribution in [0.25, 0.3) is 0 Å². The Labute approximate surface area is 81.7 Å². The number of rotatable bonds is 4. The van der Waals surface area contributed by atoms with Gasteiger partial charge in [-0.3, -0.25) is 4.90 Å². The first-order chi connectivity index (χ1) is 6.22. The average Bonchev–Trinajstić information content (AvgIpc) is 2.15. The molecule has 1 fully saturated rings. The summed E-state index contributed by atoms with van der Waals surface area (Å²) in [6.07, 6.45) is 1.61. The summed E-state index contributed by atoms with van der Waals surface area (Å²) in [4.78, 5) is 4.68. The molecule has 0 spiro atoms. The van der Waals surface area contributed by atoms with Crippen molar-refractivity contribution in [2.24, 2.45) is 0 Å². The predicted molar refractivity (Wildman–Crippen MR) is 55.0 cm³/mol. The van der Waals surface area contributed by atoms with E-state index < -0.39 is 0 Å². The predicted octanol–water partition coefficient (Wildman–Crippen LogP) is 0.659. The van der Waals surface area contributed by atoms with E-state index in [2.05, 4.69) is 30.8 Å². The molecule has 0 bridgehead atoms. The van der Waals surface area contributed by atoms with Gasteiger partial charge in [0.1, 0.15) is 0 Å². The zero-order valence-electron chi connectivity index (χ0n) is 9.12. The molecule has 0 aromatic carbocycles. The smallest absolute Gasteiger partial charge is 0.0714 e. The van der Waals surface area contributed by atoms with Gasteiger partial charge in [0.25, 0.3) is 0 Å². The first-order valence-electron chi connectivity index (χ1n) is 5.21. The van der Waals surface area contributed by atoms with E-state index in [9.17, 15) is 0 Å². The molecule has 1 aliphatic heterocycles. The Bertz CT molecular complexity index is 139. The van der Waals surface area contributed by atoms with Crippen LogP contribution in [0.4, 0.5) is 0 Å². The van der Waals surface area contributed by atoms with Crippen LogP contribution in [0.15, 0.2) is 0 Å².